The second-order valence-corrected chi connectivity index (χ2v) is 2.95. The van der Waals surface area contributed by atoms with E-state index in [1.54, 1.807) is 36.4 Å². The van der Waals surface area contributed by atoms with Gasteiger partial charge in [0.25, 0.3) is 0 Å². The SMILES string of the molecule is O=C(OC/C=C/CCO)c1ccccc1. The summed E-state index contributed by atoms with van der Waals surface area (Å²) in [5.74, 6) is -0.329. The van der Waals surface area contributed by atoms with E-state index in [-0.39, 0.29) is 19.2 Å². The van der Waals surface area contributed by atoms with Crippen LogP contribution in [0.1, 0.15) is 16.8 Å². The van der Waals surface area contributed by atoms with Gasteiger partial charge in [-0.15, -0.1) is 0 Å². The molecule has 3 nitrogen and oxygen atoms in total. The molecule has 1 N–H and O–H groups in total. The van der Waals surface area contributed by atoms with E-state index in [2.05, 4.69) is 0 Å². The fourth-order valence-corrected chi connectivity index (χ4v) is 1.04. The molecule has 0 unspecified atom stereocenters. The summed E-state index contributed by atoms with van der Waals surface area (Å²) < 4.78 is 4.97. The molecule has 0 heterocycles. The van der Waals surface area contributed by atoms with Crippen LogP contribution in [0.25, 0.3) is 0 Å². The van der Waals surface area contributed by atoms with Crippen molar-refractivity contribution in [2.75, 3.05) is 13.2 Å². The average Bonchev–Trinajstić information content (AvgIpc) is 2.30. The Kier molecular flexibility index (Phi) is 5.19. The molecule has 0 amide bonds. The monoisotopic (exact) mass is 206 g/mol. The zero-order valence-electron chi connectivity index (χ0n) is 8.43. The van der Waals surface area contributed by atoms with Gasteiger partial charge in [-0.25, -0.2) is 4.79 Å². The van der Waals surface area contributed by atoms with E-state index in [4.69, 9.17) is 9.84 Å². The van der Waals surface area contributed by atoms with Crippen LogP contribution >= 0.6 is 0 Å². The fraction of sp³-hybridized carbons (Fsp3) is 0.250. The molecule has 1 aromatic rings. The number of aliphatic hydroxyl groups is 1. The van der Waals surface area contributed by atoms with Gasteiger partial charge in [-0.1, -0.05) is 30.4 Å². The summed E-state index contributed by atoms with van der Waals surface area (Å²) in [4.78, 5) is 11.4. The highest BCUT2D eigenvalue weighted by Crippen LogP contribution is 2.00. The van der Waals surface area contributed by atoms with E-state index in [1.165, 1.54) is 0 Å². The highest BCUT2D eigenvalue weighted by atomic mass is 16.5. The van der Waals surface area contributed by atoms with E-state index in [0.29, 0.717) is 12.0 Å². The van der Waals surface area contributed by atoms with Gasteiger partial charge in [0.15, 0.2) is 0 Å². The number of esters is 1. The van der Waals surface area contributed by atoms with Crippen LogP contribution in [-0.4, -0.2) is 24.3 Å². The third-order valence-corrected chi connectivity index (χ3v) is 1.78. The standard InChI is InChI=1S/C12H14O3/c13-9-5-2-6-10-15-12(14)11-7-3-1-4-8-11/h1-4,6-8,13H,5,9-10H2/b6-2+. The molecule has 0 fully saturated rings. The van der Waals surface area contributed by atoms with Gasteiger partial charge >= 0.3 is 5.97 Å². The molecule has 15 heavy (non-hydrogen) atoms. The van der Waals surface area contributed by atoms with Crippen LogP contribution in [0.4, 0.5) is 0 Å². The van der Waals surface area contributed by atoms with Crippen molar-refractivity contribution in [2.45, 2.75) is 6.42 Å². The molecule has 0 aromatic heterocycles. The van der Waals surface area contributed by atoms with Crippen LogP contribution in [0.15, 0.2) is 42.5 Å². The normalized spacial score (nSPS) is 10.5. The van der Waals surface area contributed by atoms with Crippen molar-refractivity contribution in [3.8, 4) is 0 Å². The van der Waals surface area contributed by atoms with Crippen LogP contribution in [0.5, 0.6) is 0 Å². The molecular formula is C12H14O3. The molecule has 0 saturated carbocycles. The van der Waals surface area contributed by atoms with Gasteiger partial charge in [0.2, 0.25) is 0 Å². The first-order valence-electron chi connectivity index (χ1n) is 4.82. The summed E-state index contributed by atoms with van der Waals surface area (Å²) in [6.07, 6.45) is 4.08. The van der Waals surface area contributed by atoms with E-state index in [0.717, 1.165) is 0 Å². The number of rotatable bonds is 5. The summed E-state index contributed by atoms with van der Waals surface area (Å²) in [5, 5.41) is 8.49. The molecule has 0 aliphatic heterocycles. The minimum atomic E-state index is -0.329. The summed E-state index contributed by atoms with van der Waals surface area (Å²) in [6, 6.07) is 8.84. The first kappa shape index (κ1) is 11.5. The second kappa shape index (κ2) is 6.79. The second-order valence-electron chi connectivity index (χ2n) is 2.95. The van der Waals surface area contributed by atoms with Gasteiger partial charge < -0.3 is 9.84 Å². The predicted octanol–water partition coefficient (Wildman–Crippen LogP) is 1.78. The van der Waals surface area contributed by atoms with Gasteiger partial charge in [-0.3, -0.25) is 0 Å². The Bertz CT molecular complexity index is 317. The molecule has 1 aromatic carbocycles. The number of carbonyl (C=O) groups is 1. The van der Waals surface area contributed by atoms with E-state index in [1.807, 2.05) is 6.07 Å². The van der Waals surface area contributed by atoms with Gasteiger partial charge in [0.1, 0.15) is 6.61 Å². The van der Waals surface area contributed by atoms with E-state index < -0.39 is 0 Å². The van der Waals surface area contributed by atoms with Crippen molar-refractivity contribution in [1.82, 2.24) is 0 Å². The lowest BCUT2D eigenvalue weighted by Gasteiger charge is -2.00. The number of aliphatic hydroxyl groups excluding tert-OH is 1. The third kappa shape index (κ3) is 4.42. The largest absolute Gasteiger partial charge is 0.458 e. The maximum absolute atomic E-state index is 11.4. The Balaban J connectivity index is 2.31. The lowest BCUT2D eigenvalue weighted by Crippen LogP contribution is -2.04. The van der Waals surface area contributed by atoms with Crippen LogP contribution in [0.3, 0.4) is 0 Å². The molecule has 0 spiro atoms. The molecule has 0 saturated heterocycles. The Morgan fingerprint density at radius 1 is 1.27 bits per heavy atom. The van der Waals surface area contributed by atoms with Crippen LogP contribution < -0.4 is 0 Å². The van der Waals surface area contributed by atoms with Gasteiger partial charge in [-0.05, 0) is 18.6 Å². The zero-order valence-corrected chi connectivity index (χ0v) is 8.43. The molecule has 0 aliphatic rings. The van der Waals surface area contributed by atoms with Gasteiger partial charge in [0, 0.05) is 6.61 Å². The number of carbonyl (C=O) groups excluding carboxylic acids is 1. The molecule has 0 radical (unpaired) electrons. The molecule has 0 aliphatic carbocycles. The number of hydrogen-bond donors (Lipinski definition) is 1. The smallest absolute Gasteiger partial charge is 0.338 e. The Morgan fingerprint density at radius 2 is 2.00 bits per heavy atom. The third-order valence-electron chi connectivity index (χ3n) is 1.78. The molecule has 3 heteroatoms. The van der Waals surface area contributed by atoms with Crippen LogP contribution in [-0.2, 0) is 4.74 Å². The highest BCUT2D eigenvalue weighted by molar-refractivity contribution is 5.89. The molecular weight excluding hydrogens is 192 g/mol. The van der Waals surface area contributed by atoms with Crippen molar-refractivity contribution < 1.29 is 14.6 Å². The number of benzene rings is 1. The Morgan fingerprint density at radius 3 is 2.67 bits per heavy atom. The average molecular weight is 206 g/mol. The van der Waals surface area contributed by atoms with Gasteiger partial charge in [-0.2, -0.15) is 0 Å². The van der Waals surface area contributed by atoms with Gasteiger partial charge in [0.05, 0.1) is 5.56 Å². The first-order chi connectivity index (χ1) is 7.34. The van der Waals surface area contributed by atoms with Crippen LogP contribution in [0.2, 0.25) is 0 Å². The maximum Gasteiger partial charge on any atom is 0.338 e. The van der Waals surface area contributed by atoms with Crippen molar-refractivity contribution in [2.24, 2.45) is 0 Å². The summed E-state index contributed by atoms with van der Waals surface area (Å²) in [6.45, 7) is 0.358. The van der Waals surface area contributed by atoms with Crippen molar-refractivity contribution in [3.05, 3.63) is 48.0 Å². The fourth-order valence-electron chi connectivity index (χ4n) is 1.04. The molecule has 0 bridgehead atoms. The lowest BCUT2D eigenvalue weighted by molar-refractivity contribution is 0.0549. The summed E-state index contributed by atoms with van der Waals surface area (Å²) in [5.41, 5.74) is 0.549. The highest BCUT2D eigenvalue weighted by Gasteiger charge is 2.03. The maximum atomic E-state index is 11.4. The Labute approximate surface area is 89.0 Å². The minimum absolute atomic E-state index is 0.114. The topological polar surface area (TPSA) is 46.5 Å². The zero-order chi connectivity index (χ0) is 10.9. The van der Waals surface area contributed by atoms with Crippen molar-refractivity contribution >= 4 is 5.97 Å². The van der Waals surface area contributed by atoms with Crippen molar-refractivity contribution in [1.29, 1.82) is 0 Å². The molecule has 80 valence electrons. The quantitative estimate of drug-likeness (QED) is 0.590. The lowest BCUT2D eigenvalue weighted by atomic mass is 10.2. The number of ether oxygens (including phenoxy) is 1. The minimum Gasteiger partial charge on any atom is -0.458 e. The predicted molar refractivity (Wildman–Crippen MR) is 57.6 cm³/mol. The first-order valence-corrected chi connectivity index (χ1v) is 4.82. The molecule has 1 rings (SSSR count). The summed E-state index contributed by atoms with van der Waals surface area (Å²) >= 11 is 0. The molecule has 0 atom stereocenters. The van der Waals surface area contributed by atoms with E-state index >= 15 is 0 Å². The Hall–Kier alpha value is -1.61. The summed E-state index contributed by atoms with van der Waals surface area (Å²) in [7, 11) is 0. The van der Waals surface area contributed by atoms with Crippen LogP contribution in [0, 0.1) is 0 Å². The number of hydrogen-bond acceptors (Lipinski definition) is 3. The van der Waals surface area contributed by atoms with Crippen molar-refractivity contribution in [3.63, 3.8) is 0 Å². The van der Waals surface area contributed by atoms with E-state index in [9.17, 15) is 4.79 Å².